The molecule has 0 bridgehead atoms. The molecule has 8 heteroatoms. The van der Waals surface area contributed by atoms with Gasteiger partial charge in [-0.15, -0.1) is 0 Å². The second-order valence-corrected chi connectivity index (χ2v) is 8.62. The van der Waals surface area contributed by atoms with E-state index in [1.54, 1.807) is 31.4 Å². The van der Waals surface area contributed by atoms with E-state index in [0.717, 1.165) is 11.3 Å². The molecular weight excluding hydrogens is 428 g/mol. The first-order valence-corrected chi connectivity index (χ1v) is 11.7. The summed E-state index contributed by atoms with van der Waals surface area (Å²) in [4.78, 5) is 12.4. The maximum atomic E-state index is 12.6. The molecule has 0 spiro atoms. The quantitative estimate of drug-likeness (QED) is 0.485. The number of hydrogen-bond acceptors (Lipinski definition) is 5. The molecule has 7 nitrogen and oxygen atoms in total. The summed E-state index contributed by atoms with van der Waals surface area (Å²) in [6, 6.07) is 20.1. The van der Waals surface area contributed by atoms with Crippen molar-refractivity contribution in [1.29, 1.82) is 0 Å². The molecule has 0 saturated heterocycles. The van der Waals surface area contributed by atoms with Gasteiger partial charge in [-0.3, -0.25) is 9.52 Å². The number of anilines is 1. The van der Waals surface area contributed by atoms with Gasteiger partial charge in [0.15, 0.2) is 0 Å². The van der Waals surface area contributed by atoms with Crippen LogP contribution < -0.4 is 19.5 Å². The average Bonchev–Trinajstić information content (AvgIpc) is 2.81. The fraction of sp³-hybridized carbons (Fsp3) is 0.208. The second-order valence-electron chi connectivity index (χ2n) is 6.94. The number of nitrogens with one attached hydrogen (secondary N) is 2. The lowest BCUT2D eigenvalue weighted by atomic mass is 10.1. The molecule has 32 heavy (non-hydrogen) atoms. The monoisotopic (exact) mass is 454 g/mol. The van der Waals surface area contributed by atoms with Crippen molar-refractivity contribution in [3.05, 3.63) is 83.9 Å². The predicted octanol–water partition coefficient (Wildman–Crippen LogP) is 3.87. The third-order valence-electron chi connectivity index (χ3n) is 4.70. The Morgan fingerprint density at radius 1 is 0.875 bits per heavy atom. The Kier molecular flexibility index (Phi) is 7.72. The van der Waals surface area contributed by atoms with Crippen LogP contribution in [0.2, 0.25) is 0 Å². The first kappa shape index (κ1) is 23.1. The zero-order valence-corrected chi connectivity index (χ0v) is 18.8. The van der Waals surface area contributed by atoms with Gasteiger partial charge in [0.25, 0.3) is 15.9 Å². The predicted molar refractivity (Wildman–Crippen MR) is 124 cm³/mol. The maximum Gasteiger partial charge on any atom is 0.261 e. The number of methoxy groups -OCH3 is 1. The Labute approximate surface area is 188 Å². The van der Waals surface area contributed by atoms with Crippen LogP contribution in [0, 0.1) is 0 Å². The van der Waals surface area contributed by atoms with Crippen molar-refractivity contribution in [2.24, 2.45) is 0 Å². The topological polar surface area (TPSA) is 93.7 Å². The number of rotatable bonds is 10. The summed E-state index contributed by atoms with van der Waals surface area (Å²) in [6.07, 6.45) is 0.675. The van der Waals surface area contributed by atoms with Gasteiger partial charge in [0.05, 0.1) is 18.6 Å². The number of sulfonamides is 1. The molecular formula is C24H26N2O5S. The molecule has 0 aromatic heterocycles. The highest BCUT2D eigenvalue weighted by molar-refractivity contribution is 7.92. The molecule has 0 aliphatic carbocycles. The minimum Gasteiger partial charge on any atom is -0.497 e. The maximum absolute atomic E-state index is 12.6. The Morgan fingerprint density at radius 3 is 2.09 bits per heavy atom. The molecule has 0 radical (unpaired) electrons. The van der Waals surface area contributed by atoms with Crippen molar-refractivity contribution in [1.82, 2.24) is 5.32 Å². The summed E-state index contributed by atoms with van der Waals surface area (Å²) in [5.74, 6) is 1.18. The minimum absolute atomic E-state index is 0.0705. The summed E-state index contributed by atoms with van der Waals surface area (Å²) in [7, 11) is -2.16. The van der Waals surface area contributed by atoms with Gasteiger partial charge in [0.2, 0.25) is 0 Å². The number of benzene rings is 3. The van der Waals surface area contributed by atoms with Crippen molar-refractivity contribution >= 4 is 21.6 Å². The smallest absolute Gasteiger partial charge is 0.261 e. The zero-order valence-electron chi connectivity index (χ0n) is 18.0. The van der Waals surface area contributed by atoms with E-state index in [2.05, 4.69) is 10.0 Å². The van der Waals surface area contributed by atoms with Crippen molar-refractivity contribution in [2.45, 2.75) is 18.2 Å². The SMILES string of the molecule is CCOc1ccc(NS(=O)(=O)c2ccc(C(=O)NCCc3ccc(OC)cc3)cc2)cc1. The number of amides is 1. The first-order valence-electron chi connectivity index (χ1n) is 10.2. The molecule has 0 heterocycles. The van der Waals surface area contributed by atoms with Crippen molar-refractivity contribution < 1.29 is 22.7 Å². The van der Waals surface area contributed by atoms with Crippen LogP contribution in [-0.2, 0) is 16.4 Å². The van der Waals surface area contributed by atoms with Crippen LogP contribution in [0.15, 0.2) is 77.7 Å². The van der Waals surface area contributed by atoms with Crippen molar-refractivity contribution in [3.8, 4) is 11.5 Å². The van der Waals surface area contributed by atoms with Crippen LogP contribution in [0.5, 0.6) is 11.5 Å². The summed E-state index contributed by atoms with van der Waals surface area (Å²) < 4.78 is 38.2. The molecule has 0 aliphatic heterocycles. The second kappa shape index (κ2) is 10.7. The van der Waals surface area contributed by atoms with Crippen LogP contribution >= 0.6 is 0 Å². The Balaban J connectivity index is 1.56. The molecule has 0 saturated carbocycles. The first-order chi connectivity index (χ1) is 15.4. The molecule has 0 fully saturated rings. The van der Waals surface area contributed by atoms with E-state index in [1.807, 2.05) is 31.2 Å². The number of carbonyl (C=O) groups is 1. The highest BCUT2D eigenvalue weighted by Crippen LogP contribution is 2.20. The molecule has 3 rings (SSSR count). The normalized spacial score (nSPS) is 10.9. The number of hydrogen-bond donors (Lipinski definition) is 2. The lowest BCUT2D eigenvalue weighted by Gasteiger charge is -2.10. The molecule has 1 amide bonds. The lowest BCUT2D eigenvalue weighted by Crippen LogP contribution is -2.25. The lowest BCUT2D eigenvalue weighted by molar-refractivity contribution is 0.0954. The molecule has 0 atom stereocenters. The highest BCUT2D eigenvalue weighted by atomic mass is 32.2. The van der Waals surface area contributed by atoms with E-state index in [-0.39, 0.29) is 10.8 Å². The van der Waals surface area contributed by atoms with Crippen LogP contribution in [0.25, 0.3) is 0 Å². The Morgan fingerprint density at radius 2 is 1.50 bits per heavy atom. The van der Waals surface area contributed by atoms with E-state index < -0.39 is 10.0 Å². The van der Waals surface area contributed by atoms with Gasteiger partial charge in [0.1, 0.15) is 11.5 Å². The fourth-order valence-electron chi connectivity index (χ4n) is 3.00. The van der Waals surface area contributed by atoms with Gasteiger partial charge in [-0.2, -0.15) is 0 Å². The fourth-order valence-corrected chi connectivity index (χ4v) is 4.06. The van der Waals surface area contributed by atoms with Crippen molar-refractivity contribution in [2.75, 3.05) is 25.0 Å². The number of carbonyl (C=O) groups excluding carboxylic acids is 1. The van der Waals surface area contributed by atoms with Gasteiger partial charge in [-0.1, -0.05) is 12.1 Å². The van der Waals surface area contributed by atoms with Gasteiger partial charge in [-0.05, 0) is 79.6 Å². The highest BCUT2D eigenvalue weighted by Gasteiger charge is 2.15. The van der Waals surface area contributed by atoms with E-state index in [9.17, 15) is 13.2 Å². The van der Waals surface area contributed by atoms with E-state index in [0.29, 0.717) is 36.6 Å². The average molecular weight is 455 g/mol. The van der Waals surface area contributed by atoms with E-state index in [1.165, 1.54) is 24.3 Å². The molecule has 168 valence electrons. The van der Waals surface area contributed by atoms with Crippen molar-refractivity contribution in [3.63, 3.8) is 0 Å². The van der Waals surface area contributed by atoms with Crippen LogP contribution in [-0.4, -0.2) is 34.6 Å². The summed E-state index contributed by atoms with van der Waals surface area (Å²) in [5, 5.41) is 2.84. The van der Waals surface area contributed by atoms with Gasteiger partial charge in [-0.25, -0.2) is 8.42 Å². The standard InChI is InChI=1S/C24H26N2O5S/c1-3-31-22-12-8-20(9-13-22)26-32(28,29)23-14-6-19(7-15-23)24(27)25-17-16-18-4-10-21(30-2)11-5-18/h4-15,26H,3,16-17H2,1-2H3,(H,25,27). The Bertz CT molecular complexity index is 1130. The minimum atomic E-state index is -3.77. The van der Waals surface area contributed by atoms with Crippen LogP contribution in [0.1, 0.15) is 22.8 Å². The summed E-state index contributed by atoms with van der Waals surface area (Å²) >= 11 is 0. The number of ether oxygens (including phenoxy) is 2. The van der Waals surface area contributed by atoms with Gasteiger partial charge in [0, 0.05) is 17.8 Å². The molecule has 3 aromatic carbocycles. The van der Waals surface area contributed by atoms with Gasteiger partial charge >= 0.3 is 0 Å². The van der Waals surface area contributed by atoms with Crippen LogP contribution in [0.4, 0.5) is 5.69 Å². The molecule has 3 aromatic rings. The molecule has 0 unspecified atom stereocenters. The Hall–Kier alpha value is -3.52. The summed E-state index contributed by atoms with van der Waals surface area (Å²) in [5.41, 5.74) is 1.89. The van der Waals surface area contributed by atoms with E-state index >= 15 is 0 Å². The summed E-state index contributed by atoms with van der Waals surface area (Å²) in [6.45, 7) is 2.87. The van der Waals surface area contributed by atoms with E-state index in [4.69, 9.17) is 9.47 Å². The largest absolute Gasteiger partial charge is 0.497 e. The molecule has 2 N–H and O–H groups in total. The van der Waals surface area contributed by atoms with Crippen LogP contribution in [0.3, 0.4) is 0 Å². The third kappa shape index (κ3) is 6.24. The van der Waals surface area contributed by atoms with Gasteiger partial charge < -0.3 is 14.8 Å². The zero-order chi connectivity index (χ0) is 23.0. The molecule has 0 aliphatic rings. The third-order valence-corrected chi connectivity index (χ3v) is 6.10.